The molecule has 2 rings (SSSR count). The molecule has 0 saturated carbocycles. The Morgan fingerprint density at radius 2 is 2.11 bits per heavy atom. The summed E-state index contributed by atoms with van der Waals surface area (Å²) in [4.78, 5) is 5.51. The summed E-state index contributed by atoms with van der Waals surface area (Å²) in [5, 5.41) is 15.3. The highest BCUT2D eigenvalue weighted by molar-refractivity contribution is 5.10. The van der Waals surface area contributed by atoms with Crippen LogP contribution in [0, 0.1) is 0 Å². The minimum atomic E-state index is 0.363. The Balaban J connectivity index is 1.86. The van der Waals surface area contributed by atoms with Crippen molar-refractivity contribution in [3.05, 3.63) is 35.9 Å². The molecule has 18 heavy (non-hydrogen) atoms. The van der Waals surface area contributed by atoms with Gasteiger partial charge in [0.2, 0.25) is 0 Å². The fourth-order valence-electron chi connectivity index (χ4n) is 1.86. The van der Waals surface area contributed by atoms with E-state index >= 15 is 0 Å². The SMILES string of the molecule is CNC(CCc1ccncc1)Cc1nnn(C)n1. The minimum Gasteiger partial charge on any atom is -0.317 e. The van der Waals surface area contributed by atoms with Crippen molar-refractivity contribution in [1.29, 1.82) is 0 Å². The van der Waals surface area contributed by atoms with E-state index < -0.39 is 0 Å². The third kappa shape index (κ3) is 3.59. The largest absolute Gasteiger partial charge is 0.317 e. The number of aromatic nitrogens is 5. The fraction of sp³-hybridized carbons (Fsp3) is 0.500. The maximum absolute atomic E-state index is 4.20. The van der Waals surface area contributed by atoms with Gasteiger partial charge in [-0.2, -0.15) is 4.80 Å². The van der Waals surface area contributed by atoms with Gasteiger partial charge in [-0.25, -0.2) is 0 Å². The average Bonchev–Trinajstić information content (AvgIpc) is 2.81. The lowest BCUT2D eigenvalue weighted by molar-refractivity contribution is 0.507. The zero-order valence-electron chi connectivity index (χ0n) is 10.7. The van der Waals surface area contributed by atoms with Gasteiger partial charge in [-0.05, 0) is 42.8 Å². The third-order valence-electron chi connectivity index (χ3n) is 2.92. The Morgan fingerprint density at radius 1 is 1.33 bits per heavy atom. The highest BCUT2D eigenvalue weighted by Gasteiger charge is 2.11. The topological polar surface area (TPSA) is 68.5 Å². The lowest BCUT2D eigenvalue weighted by Crippen LogP contribution is -2.28. The van der Waals surface area contributed by atoms with Crippen molar-refractivity contribution < 1.29 is 0 Å². The normalized spacial score (nSPS) is 12.6. The Hall–Kier alpha value is -1.82. The number of likely N-dealkylation sites (N-methyl/N-ethyl adjacent to an activating group) is 1. The molecule has 2 aromatic heterocycles. The van der Waals surface area contributed by atoms with E-state index in [-0.39, 0.29) is 0 Å². The van der Waals surface area contributed by atoms with E-state index in [4.69, 9.17) is 0 Å². The highest BCUT2D eigenvalue weighted by Crippen LogP contribution is 2.06. The van der Waals surface area contributed by atoms with E-state index in [1.807, 2.05) is 31.6 Å². The number of tetrazole rings is 1. The van der Waals surface area contributed by atoms with Crippen LogP contribution in [0.2, 0.25) is 0 Å². The minimum absolute atomic E-state index is 0.363. The molecule has 6 nitrogen and oxygen atoms in total. The molecular formula is C12H18N6. The van der Waals surface area contributed by atoms with Crippen LogP contribution in [0.4, 0.5) is 0 Å². The van der Waals surface area contributed by atoms with Gasteiger partial charge in [0.15, 0.2) is 5.82 Å². The molecule has 2 heterocycles. The van der Waals surface area contributed by atoms with E-state index in [1.54, 1.807) is 7.05 Å². The predicted molar refractivity (Wildman–Crippen MR) is 67.9 cm³/mol. The van der Waals surface area contributed by atoms with Crippen molar-refractivity contribution >= 4 is 0 Å². The quantitative estimate of drug-likeness (QED) is 0.797. The number of aryl methyl sites for hydroxylation is 2. The Bertz CT molecular complexity index is 466. The third-order valence-corrected chi connectivity index (χ3v) is 2.92. The second-order valence-electron chi connectivity index (χ2n) is 4.28. The summed E-state index contributed by atoms with van der Waals surface area (Å²) in [5.41, 5.74) is 1.30. The fourth-order valence-corrected chi connectivity index (χ4v) is 1.86. The molecular weight excluding hydrogens is 228 g/mol. The molecule has 0 saturated heterocycles. The lowest BCUT2D eigenvalue weighted by atomic mass is 10.0. The summed E-state index contributed by atoms with van der Waals surface area (Å²) >= 11 is 0. The van der Waals surface area contributed by atoms with Gasteiger partial charge in [-0.3, -0.25) is 4.98 Å². The predicted octanol–water partition coefficient (Wildman–Crippen LogP) is 0.368. The molecule has 96 valence electrons. The smallest absolute Gasteiger partial charge is 0.176 e. The molecule has 0 radical (unpaired) electrons. The molecule has 0 amide bonds. The van der Waals surface area contributed by atoms with Crippen molar-refractivity contribution in [2.75, 3.05) is 7.05 Å². The summed E-state index contributed by atoms with van der Waals surface area (Å²) in [7, 11) is 3.75. The molecule has 0 spiro atoms. The van der Waals surface area contributed by atoms with Gasteiger partial charge < -0.3 is 5.32 Å². The van der Waals surface area contributed by atoms with E-state index in [1.165, 1.54) is 10.4 Å². The Kier molecular flexibility index (Phi) is 4.35. The van der Waals surface area contributed by atoms with Crippen molar-refractivity contribution in [2.24, 2.45) is 7.05 Å². The average molecular weight is 246 g/mol. The Labute approximate surface area is 106 Å². The molecule has 0 aliphatic heterocycles. The van der Waals surface area contributed by atoms with E-state index in [0.29, 0.717) is 6.04 Å². The van der Waals surface area contributed by atoms with Crippen LogP contribution in [0.25, 0.3) is 0 Å². The molecule has 0 aliphatic rings. The van der Waals surface area contributed by atoms with Gasteiger partial charge in [-0.15, -0.1) is 10.2 Å². The van der Waals surface area contributed by atoms with Crippen molar-refractivity contribution in [2.45, 2.75) is 25.3 Å². The maximum atomic E-state index is 4.20. The molecule has 0 aliphatic carbocycles. The first-order chi connectivity index (χ1) is 8.78. The number of nitrogens with one attached hydrogen (secondary N) is 1. The first kappa shape index (κ1) is 12.6. The number of rotatable bonds is 6. The lowest BCUT2D eigenvalue weighted by Gasteiger charge is -2.13. The summed E-state index contributed by atoms with van der Waals surface area (Å²) in [6.45, 7) is 0. The standard InChI is InChI=1S/C12H18N6/c1-13-11(9-12-15-17-18(2)16-12)4-3-10-5-7-14-8-6-10/h5-8,11,13H,3-4,9H2,1-2H3. The van der Waals surface area contributed by atoms with Crippen LogP contribution < -0.4 is 5.32 Å². The van der Waals surface area contributed by atoms with Crippen LogP contribution >= 0.6 is 0 Å². The van der Waals surface area contributed by atoms with Crippen LogP contribution in [0.3, 0.4) is 0 Å². The summed E-state index contributed by atoms with van der Waals surface area (Å²) in [6, 6.07) is 4.46. The molecule has 2 aromatic rings. The van der Waals surface area contributed by atoms with Crippen molar-refractivity contribution in [3.8, 4) is 0 Å². The zero-order valence-corrected chi connectivity index (χ0v) is 10.7. The number of hydrogen-bond acceptors (Lipinski definition) is 5. The molecule has 1 unspecified atom stereocenters. The summed E-state index contributed by atoms with van der Waals surface area (Å²) < 4.78 is 0. The maximum Gasteiger partial charge on any atom is 0.176 e. The van der Waals surface area contributed by atoms with Gasteiger partial charge in [0.1, 0.15) is 0 Å². The summed E-state index contributed by atoms with van der Waals surface area (Å²) in [5.74, 6) is 0.784. The number of pyridine rings is 1. The van der Waals surface area contributed by atoms with E-state index in [0.717, 1.165) is 25.1 Å². The number of hydrogen-bond donors (Lipinski definition) is 1. The van der Waals surface area contributed by atoms with Gasteiger partial charge in [0.05, 0.1) is 7.05 Å². The van der Waals surface area contributed by atoms with Gasteiger partial charge >= 0.3 is 0 Å². The van der Waals surface area contributed by atoms with Crippen LogP contribution in [-0.2, 0) is 19.9 Å². The molecule has 1 N–H and O–H groups in total. The van der Waals surface area contributed by atoms with Crippen LogP contribution in [0.15, 0.2) is 24.5 Å². The Morgan fingerprint density at radius 3 is 2.72 bits per heavy atom. The monoisotopic (exact) mass is 246 g/mol. The summed E-state index contributed by atoms with van der Waals surface area (Å²) in [6.07, 6.45) is 6.52. The molecule has 1 atom stereocenters. The van der Waals surface area contributed by atoms with Crippen LogP contribution in [0.1, 0.15) is 17.8 Å². The molecule has 0 aromatic carbocycles. The zero-order chi connectivity index (χ0) is 12.8. The highest BCUT2D eigenvalue weighted by atomic mass is 15.6. The van der Waals surface area contributed by atoms with Gasteiger partial charge in [0.25, 0.3) is 0 Å². The second kappa shape index (κ2) is 6.20. The van der Waals surface area contributed by atoms with Gasteiger partial charge in [0, 0.05) is 24.9 Å². The van der Waals surface area contributed by atoms with Crippen LogP contribution in [0.5, 0.6) is 0 Å². The van der Waals surface area contributed by atoms with Crippen molar-refractivity contribution in [3.63, 3.8) is 0 Å². The van der Waals surface area contributed by atoms with E-state index in [2.05, 4.69) is 25.7 Å². The number of nitrogens with zero attached hydrogens (tertiary/aromatic N) is 5. The van der Waals surface area contributed by atoms with Gasteiger partial charge in [-0.1, -0.05) is 0 Å². The van der Waals surface area contributed by atoms with E-state index in [9.17, 15) is 0 Å². The van der Waals surface area contributed by atoms with Crippen LogP contribution in [-0.4, -0.2) is 38.3 Å². The molecule has 0 fully saturated rings. The molecule has 6 heteroatoms. The van der Waals surface area contributed by atoms with Crippen molar-refractivity contribution in [1.82, 2.24) is 30.5 Å². The first-order valence-corrected chi connectivity index (χ1v) is 6.07. The second-order valence-corrected chi connectivity index (χ2v) is 4.28. The first-order valence-electron chi connectivity index (χ1n) is 6.07. The molecule has 0 bridgehead atoms.